The molecule has 3 rings (SSSR count). The van der Waals surface area contributed by atoms with Crippen LogP contribution in [0.4, 0.5) is 0 Å². The summed E-state index contributed by atoms with van der Waals surface area (Å²) in [6.07, 6.45) is 2.68. The Kier molecular flexibility index (Phi) is 7.47. The highest BCUT2D eigenvalue weighted by Crippen LogP contribution is 2.29. The van der Waals surface area contributed by atoms with E-state index in [-0.39, 0.29) is 17.6 Å². The first kappa shape index (κ1) is 20.7. The highest BCUT2D eigenvalue weighted by atomic mass is 32.2. The molecule has 0 radical (unpaired) electrons. The van der Waals surface area contributed by atoms with E-state index in [0.29, 0.717) is 19.4 Å². The highest BCUT2D eigenvalue weighted by molar-refractivity contribution is 7.99. The topological polar surface area (TPSA) is 73.2 Å². The maximum Gasteiger partial charge on any atom is 0.305 e. The van der Waals surface area contributed by atoms with Gasteiger partial charge in [0.1, 0.15) is 0 Å². The second kappa shape index (κ2) is 10.5. The number of ether oxygens (including phenoxy) is 1. The van der Waals surface area contributed by atoms with Crippen LogP contribution in [0.1, 0.15) is 12.8 Å². The summed E-state index contributed by atoms with van der Waals surface area (Å²) in [6.45, 7) is 0.441. The molecule has 0 saturated carbocycles. The number of amides is 1. The lowest BCUT2D eigenvalue weighted by Gasteiger charge is -2.12. The van der Waals surface area contributed by atoms with E-state index >= 15 is 0 Å². The van der Waals surface area contributed by atoms with Gasteiger partial charge in [-0.1, -0.05) is 60.3 Å². The Hall–Kier alpha value is -3.06. The molecule has 0 aliphatic rings. The number of esters is 1. The van der Waals surface area contributed by atoms with E-state index in [9.17, 15) is 9.59 Å². The third kappa shape index (κ3) is 5.71. The van der Waals surface area contributed by atoms with Gasteiger partial charge in [0.15, 0.2) is 5.16 Å². The van der Waals surface area contributed by atoms with Crippen LogP contribution in [0, 0.1) is 0 Å². The molecule has 0 saturated heterocycles. The zero-order valence-corrected chi connectivity index (χ0v) is 17.0. The Morgan fingerprint density at radius 2 is 1.76 bits per heavy atom. The largest absolute Gasteiger partial charge is 0.469 e. The fraction of sp³-hybridized carbons (Fsp3) is 0.227. The number of para-hydroxylation sites is 1. The number of carbonyl (C=O) groups excluding carboxylic acids is 2. The fourth-order valence-corrected chi connectivity index (χ4v) is 3.64. The van der Waals surface area contributed by atoms with Crippen LogP contribution in [0.2, 0.25) is 0 Å². The Bertz CT molecular complexity index is 942. The number of nitrogens with zero attached hydrogens (tertiary/aromatic N) is 2. The summed E-state index contributed by atoms with van der Waals surface area (Å²) in [7, 11) is 1.36. The van der Waals surface area contributed by atoms with Gasteiger partial charge in [0.2, 0.25) is 5.91 Å². The molecule has 0 unspecified atom stereocenters. The van der Waals surface area contributed by atoms with Crippen molar-refractivity contribution in [1.29, 1.82) is 0 Å². The summed E-state index contributed by atoms with van der Waals surface area (Å²) in [5, 5.41) is 3.58. The van der Waals surface area contributed by atoms with Crippen LogP contribution < -0.4 is 5.32 Å². The first-order chi connectivity index (χ1) is 14.2. The number of benzene rings is 2. The molecule has 150 valence electrons. The number of imidazole rings is 1. The first-order valence-corrected chi connectivity index (χ1v) is 10.3. The molecule has 0 bridgehead atoms. The van der Waals surface area contributed by atoms with Crippen molar-refractivity contribution in [1.82, 2.24) is 14.9 Å². The summed E-state index contributed by atoms with van der Waals surface area (Å²) >= 11 is 1.38. The third-order valence-electron chi connectivity index (χ3n) is 4.25. The Morgan fingerprint density at radius 1 is 1.07 bits per heavy atom. The van der Waals surface area contributed by atoms with Crippen molar-refractivity contribution >= 4 is 23.6 Å². The molecular weight excluding hydrogens is 386 g/mol. The molecule has 0 aliphatic carbocycles. The van der Waals surface area contributed by atoms with Gasteiger partial charge in [0.25, 0.3) is 0 Å². The van der Waals surface area contributed by atoms with Crippen molar-refractivity contribution in [2.45, 2.75) is 18.0 Å². The quantitative estimate of drug-likeness (QED) is 0.331. The lowest BCUT2D eigenvalue weighted by Crippen LogP contribution is -2.26. The smallest absolute Gasteiger partial charge is 0.305 e. The molecule has 0 spiro atoms. The van der Waals surface area contributed by atoms with Crippen molar-refractivity contribution in [3.8, 4) is 16.9 Å². The summed E-state index contributed by atoms with van der Waals surface area (Å²) < 4.78 is 6.65. The van der Waals surface area contributed by atoms with E-state index < -0.39 is 0 Å². The molecule has 7 heteroatoms. The number of hydrogen-bond acceptors (Lipinski definition) is 5. The minimum absolute atomic E-state index is 0.0938. The summed E-state index contributed by atoms with van der Waals surface area (Å²) in [5.41, 5.74) is 3.02. The third-order valence-corrected chi connectivity index (χ3v) is 5.21. The van der Waals surface area contributed by atoms with Crippen molar-refractivity contribution in [2.24, 2.45) is 0 Å². The molecule has 0 atom stereocenters. The van der Waals surface area contributed by atoms with Crippen LogP contribution in [0.5, 0.6) is 0 Å². The molecule has 29 heavy (non-hydrogen) atoms. The minimum atomic E-state index is -0.271. The molecule has 1 N–H and O–H groups in total. The lowest BCUT2D eigenvalue weighted by atomic mass is 10.1. The van der Waals surface area contributed by atoms with Gasteiger partial charge in [-0.3, -0.25) is 14.2 Å². The minimum Gasteiger partial charge on any atom is -0.469 e. The Balaban J connectivity index is 1.69. The number of hydrogen-bond donors (Lipinski definition) is 1. The van der Waals surface area contributed by atoms with E-state index in [4.69, 9.17) is 0 Å². The first-order valence-electron chi connectivity index (χ1n) is 9.34. The SMILES string of the molecule is COC(=O)CCCNC(=O)CSc1ncc(-c2ccccc2)n1-c1ccccc1. The summed E-state index contributed by atoms with van der Waals surface area (Å²) in [4.78, 5) is 27.8. The second-order valence-electron chi connectivity index (χ2n) is 6.28. The van der Waals surface area contributed by atoms with Gasteiger partial charge in [-0.05, 0) is 18.6 Å². The van der Waals surface area contributed by atoms with E-state index in [1.54, 1.807) is 0 Å². The Labute approximate surface area is 174 Å². The van der Waals surface area contributed by atoms with Gasteiger partial charge in [0.05, 0.1) is 24.8 Å². The van der Waals surface area contributed by atoms with Crippen LogP contribution in [-0.2, 0) is 14.3 Å². The van der Waals surface area contributed by atoms with Crippen molar-refractivity contribution in [2.75, 3.05) is 19.4 Å². The Morgan fingerprint density at radius 3 is 2.45 bits per heavy atom. The van der Waals surface area contributed by atoms with Crippen molar-refractivity contribution in [3.63, 3.8) is 0 Å². The van der Waals surface area contributed by atoms with Crippen LogP contribution in [0.15, 0.2) is 72.0 Å². The average Bonchev–Trinajstić information content (AvgIpc) is 3.20. The van der Waals surface area contributed by atoms with Gasteiger partial charge in [-0.25, -0.2) is 4.98 Å². The van der Waals surface area contributed by atoms with Gasteiger partial charge in [-0.2, -0.15) is 0 Å². The van der Waals surface area contributed by atoms with E-state index in [1.165, 1.54) is 18.9 Å². The normalized spacial score (nSPS) is 10.5. The summed E-state index contributed by atoms with van der Waals surface area (Å²) in [5.74, 6) is -0.119. The summed E-state index contributed by atoms with van der Waals surface area (Å²) in [6, 6.07) is 20.0. The average molecular weight is 410 g/mol. The maximum atomic E-state index is 12.2. The van der Waals surface area contributed by atoms with Gasteiger partial charge in [-0.15, -0.1) is 0 Å². The zero-order valence-electron chi connectivity index (χ0n) is 16.2. The highest BCUT2D eigenvalue weighted by Gasteiger charge is 2.15. The molecular formula is C22H23N3O3S. The monoisotopic (exact) mass is 409 g/mol. The number of methoxy groups -OCH3 is 1. The number of carbonyl (C=O) groups is 2. The van der Waals surface area contributed by atoms with Crippen LogP contribution in [-0.4, -0.2) is 40.8 Å². The van der Waals surface area contributed by atoms with Gasteiger partial charge < -0.3 is 10.1 Å². The molecule has 1 amide bonds. The molecule has 0 fully saturated rings. The molecule has 2 aromatic carbocycles. The number of nitrogens with one attached hydrogen (secondary N) is 1. The number of thioether (sulfide) groups is 1. The van der Waals surface area contributed by atoms with E-state index in [1.807, 2.05) is 66.9 Å². The van der Waals surface area contributed by atoms with Gasteiger partial charge in [0, 0.05) is 24.2 Å². The van der Waals surface area contributed by atoms with Crippen LogP contribution in [0.3, 0.4) is 0 Å². The standard InChI is InChI=1S/C22H23N3O3S/c1-28-21(27)13-8-14-23-20(26)16-29-22-24-15-19(17-9-4-2-5-10-17)25(22)18-11-6-3-7-12-18/h2-7,9-12,15H,8,13-14,16H2,1H3,(H,23,26). The van der Waals surface area contributed by atoms with Gasteiger partial charge >= 0.3 is 5.97 Å². The molecule has 6 nitrogen and oxygen atoms in total. The fourth-order valence-electron chi connectivity index (χ4n) is 2.82. The molecule has 0 aliphatic heterocycles. The predicted molar refractivity (Wildman–Crippen MR) is 114 cm³/mol. The van der Waals surface area contributed by atoms with Crippen LogP contribution >= 0.6 is 11.8 Å². The number of rotatable bonds is 9. The lowest BCUT2D eigenvalue weighted by molar-refractivity contribution is -0.140. The predicted octanol–water partition coefficient (Wildman–Crippen LogP) is 3.70. The molecule has 1 heterocycles. The zero-order chi connectivity index (χ0) is 20.5. The number of aromatic nitrogens is 2. The van der Waals surface area contributed by atoms with Crippen molar-refractivity contribution in [3.05, 3.63) is 66.9 Å². The van der Waals surface area contributed by atoms with Crippen LogP contribution in [0.25, 0.3) is 16.9 Å². The van der Waals surface area contributed by atoms with E-state index in [0.717, 1.165) is 22.1 Å². The molecule has 3 aromatic rings. The molecule has 1 aromatic heterocycles. The maximum absolute atomic E-state index is 12.2. The van der Waals surface area contributed by atoms with E-state index in [2.05, 4.69) is 19.6 Å². The van der Waals surface area contributed by atoms with Crippen molar-refractivity contribution < 1.29 is 14.3 Å². The second-order valence-corrected chi connectivity index (χ2v) is 7.22.